The Morgan fingerprint density at radius 1 is 1.09 bits per heavy atom. The number of amides is 1. The second-order valence-corrected chi connectivity index (χ2v) is 10.0. The molecule has 180 valence electrons. The smallest absolute Gasteiger partial charge is 0.254 e. The van der Waals surface area contributed by atoms with E-state index in [-0.39, 0.29) is 18.0 Å². The minimum absolute atomic E-state index is 0.124. The summed E-state index contributed by atoms with van der Waals surface area (Å²) in [5.41, 5.74) is 4.77. The molecule has 5 nitrogen and oxygen atoms in total. The van der Waals surface area contributed by atoms with Crippen LogP contribution in [0.5, 0.6) is 0 Å². The fourth-order valence-electron chi connectivity index (χ4n) is 5.27. The number of carbonyl (C=O) groups is 1. The summed E-state index contributed by atoms with van der Waals surface area (Å²) >= 11 is 6.53. The van der Waals surface area contributed by atoms with Crippen LogP contribution in [0.25, 0.3) is 0 Å². The second kappa shape index (κ2) is 10.8. The SMILES string of the molecule is CCC1CCC(N(CC)c2cc(Cl)cc(C(=O)N(C)Cc3c(C)cc(C)[nH]c3=O)c2C)CC1. The first-order valence-corrected chi connectivity index (χ1v) is 12.6. The number of rotatable bonds is 7. The highest BCUT2D eigenvalue weighted by atomic mass is 35.5. The number of aromatic nitrogens is 1. The van der Waals surface area contributed by atoms with Crippen molar-refractivity contribution in [2.24, 2.45) is 5.92 Å². The molecule has 0 atom stereocenters. The maximum Gasteiger partial charge on any atom is 0.254 e. The zero-order valence-corrected chi connectivity index (χ0v) is 21.7. The van der Waals surface area contributed by atoms with E-state index in [0.717, 1.165) is 35.0 Å². The van der Waals surface area contributed by atoms with Crippen LogP contribution in [-0.2, 0) is 6.54 Å². The van der Waals surface area contributed by atoms with Gasteiger partial charge in [0, 0.05) is 47.2 Å². The Balaban J connectivity index is 1.88. The third kappa shape index (κ3) is 5.63. The molecule has 1 N–H and O–H groups in total. The molecule has 2 aromatic rings. The number of aryl methyl sites for hydroxylation is 2. The molecule has 1 aromatic carbocycles. The molecule has 1 heterocycles. The maximum absolute atomic E-state index is 13.5. The molecule has 0 bridgehead atoms. The van der Waals surface area contributed by atoms with E-state index < -0.39 is 0 Å². The maximum atomic E-state index is 13.5. The Kier molecular flexibility index (Phi) is 8.28. The average Bonchev–Trinajstić information content (AvgIpc) is 2.78. The van der Waals surface area contributed by atoms with Gasteiger partial charge in [0.2, 0.25) is 0 Å². The van der Waals surface area contributed by atoms with Gasteiger partial charge in [-0.15, -0.1) is 0 Å². The number of halogens is 1. The van der Waals surface area contributed by atoms with Crippen LogP contribution in [0.1, 0.15) is 78.7 Å². The van der Waals surface area contributed by atoms with Crippen LogP contribution in [0.2, 0.25) is 5.02 Å². The fraction of sp³-hybridized carbons (Fsp3) is 0.556. The highest BCUT2D eigenvalue weighted by Gasteiger charge is 2.27. The molecule has 3 rings (SSSR count). The van der Waals surface area contributed by atoms with Crippen molar-refractivity contribution in [3.8, 4) is 0 Å². The number of hydrogen-bond acceptors (Lipinski definition) is 3. The van der Waals surface area contributed by atoms with E-state index >= 15 is 0 Å². The van der Waals surface area contributed by atoms with Crippen molar-refractivity contribution < 1.29 is 4.79 Å². The van der Waals surface area contributed by atoms with E-state index in [2.05, 4.69) is 23.7 Å². The van der Waals surface area contributed by atoms with Gasteiger partial charge >= 0.3 is 0 Å². The Bertz CT molecular complexity index is 1050. The van der Waals surface area contributed by atoms with Gasteiger partial charge in [-0.25, -0.2) is 0 Å². The summed E-state index contributed by atoms with van der Waals surface area (Å²) in [5, 5.41) is 0.567. The molecule has 0 aliphatic heterocycles. The van der Waals surface area contributed by atoms with Crippen molar-refractivity contribution in [1.82, 2.24) is 9.88 Å². The lowest BCUT2D eigenvalue weighted by molar-refractivity contribution is 0.0783. The number of nitrogens with zero attached hydrogens (tertiary/aromatic N) is 2. The first kappa shape index (κ1) is 25.4. The quantitative estimate of drug-likeness (QED) is 0.537. The Hall–Kier alpha value is -2.27. The van der Waals surface area contributed by atoms with E-state index in [1.165, 1.54) is 32.1 Å². The number of H-pyrrole nitrogens is 1. The van der Waals surface area contributed by atoms with Gasteiger partial charge in [-0.2, -0.15) is 0 Å². The third-order valence-corrected chi connectivity index (χ3v) is 7.51. The van der Waals surface area contributed by atoms with Crippen LogP contribution in [0.15, 0.2) is 23.0 Å². The van der Waals surface area contributed by atoms with E-state index in [4.69, 9.17) is 11.6 Å². The van der Waals surface area contributed by atoms with Crippen LogP contribution >= 0.6 is 11.6 Å². The summed E-state index contributed by atoms with van der Waals surface area (Å²) < 4.78 is 0. The molecule has 1 aliphatic rings. The normalized spacial score (nSPS) is 18.3. The number of carbonyl (C=O) groups excluding carboxylic acids is 1. The van der Waals surface area contributed by atoms with Crippen LogP contribution in [0.4, 0.5) is 5.69 Å². The molecular formula is C27H38ClN3O2. The average molecular weight is 472 g/mol. The summed E-state index contributed by atoms with van der Waals surface area (Å²) in [4.78, 5) is 32.8. The number of nitrogens with one attached hydrogen (secondary N) is 1. The number of pyridine rings is 1. The lowest BCUT2D eigenvalue weighted by atomic mass is 9.83. The lowest BCUT2D eigenvalue weighted by Gasteiger charge is -2.39. The molecule has 1 fully saturated rings. The van der Waals surface area contributed by atoms with Gasteiger partial charge in [0.25, 0.3) is 11.5 Å². The molecule has 1 saturated carbocycles. The zero-order chi connectivity index (χ0) is 24.3. The van der Waals surface area contributed by atoms with Crippen LogP contribution in [0.3, 0.4) is 0 Å². The zero-order valence-electron chi connectivity index (χ0n) is 20.9. The molecule has 0 spiro atoms. The molecular weight excluding hydrogens is 434 g/mol. The largest absolute Gasteiger partial charge is 0.369 e. The minimum atomic E-state index is -0.143. The van der Waals surface area contributed by atoms with Gasteiger partial charge < -0.3 is 14.8 Å². The first-order valence-electron chi connectivity index (χ1n) is 12.2. The number of hydrogen-bond donors (Lipinski definition) is 1. The van der Waals surface area contributed by atoms with Gasteiger partial charge in [0.05, 0.1) is 6.54 Å². The summed E-state index contributed by atoms with van der Waals surface area (Å²) in [5.74, 6) is 0.709. The highest BCUT2D eigenvalue weighted by molar-refractivity contribution is 6.31. The van der Waals surface area contributed by atoms with E-state index in [1.807, 2.05) is 32.9 Å². The summed E-state index contributed by atoms with van der Waals surface area (Å²) in [6, 6.07) is 6.17. The number of anilines is 1. The Morgan fingerprint density at radius 2 is 1.76 bits per heavy atom. The van der Waals surface area contributed by atoms with Crippen molar-refractivity contribution in [2.75, 3.05) is 18.5 Å². The van der Waals surface area contributed by atoms with Crippen LogP contribution in [0, 0.1) is 26.7 Å². The summed E-state index contributed by atoms with van der Waals surface area (Å²) in [6.07, 6.45) is 6.13. The van der Waals surface area contributed by atoms with Gasteiger partial charge in [0.15, 0.2) is 0 Å². The molecule has 0 unspecified atom stereocenters. The standard InChI is InChI=1S/C27H38ClN3O2/c1-7-20-9-11-22(12-10-20)31(8-2)25-15-21(28)14-23(19(25)5)27(33)30(6)16-24-17(3)13-18(4)29-26(24)32/h13-15,20,22H,7-12,16H2,1-6H3,(H,29,32). The molecule has 1 amide bonds. The van der Waals surface area contributed by atoms with E-state index in [0.29, 0.717) is 22.2 Å². The van der Waals surface area contributed by atoms with Crippen molar-refractivity contribution in [3.63, 3.8) is 0 Å². The van der Waals surface area contributed by atoms with Crippen molar-refractivity contribution in [1.29, 1.82) is 0 Å². The van der Waals surface area contributed by atoms with Crippen LogP contribution in [-0.4, -0.2) is 35.4 Å². The molecule has 33 heavy (non-hydrogen) atoms. The highest BCUT2D eigenvalue weighted by Crippen LogP contribution is 2.35. The number of aromatic amines is 1. The number of benzene rings is 1. The Labute approximate surface area is 203 Å². The summed E-state index contributed by atoms with van der Waals surface area (Å²) in [7, 11) is 1.74. The molecule has 1 aliphatic carbocycles. The fourth-order valence-corrected chi connectivity index (χ4v) is 5.48. The second-order valence-electron chi connectivity index (χ2n) is 9.57. The minimum Gasteiger partial charge on any atom is -0.369 e. The van der Waals surface area contributed by atoms with E-state index in [1.54, 1.807) is 18.0 Å². The van der Waals surface area contributed by atoms with Crippen LogP contribution < -0.4 is 10.5 Å². The van der Waals surface area contributed by atoms with Gasteiger partial charge in [-0.3, -0.25) is 9.59 Å². The predicted octanol–water partition coefficient (Wildman–Crippen LogP) is 6.02. The lowest BCUT2D eigenvalue weighted by Crippen LogP contribution is -2.39. The van der Waals surface area contributed by atoms with Crippen molar-refractivity contribution in [2.45, 2.75) is 79.3 Å². The summed E-state index contributed by atoms with van der Waals surface area (Å²) in [6.45, 7) is 11.4. The molecule has 6 heteroatoms. The predicted molar refractivity (Wildman–Crippen MR) is 138 cm³/mol. The van der Waals surface area contributed by atoms with E-state index in [9.17, 15) is 9.59 Å². The monoisotopic (exact) mass is 471 g/mol. The van der Waals surface area contributed by atoms with Gasteiger partial charge in [-0.05, 0) is 88.6 Å². The third-order valence-electron chi connectivity index (χ3n) is 7.30. The molecule has 0 radical (unpaired) electrons. The topological polar surface area (TPSA) is 56.4 Å². The Morgan fingerprint density at radius 3 is 2.33 bits per heavy atom. The molecule has 1 aromatic heterocycles. The molecule has 0 saturated heterocycles. The first-order chi connectivity index (χ1) is 15.7. The van der Waals surface area contributed by atoms with Gasteiger partial charge in [0.1, 0.15) is 0 Å². The van der Waals surface area contributed by atoms with Crippen molar-refractivity contribution >= 4 is 23.2 Å². The van der Waals surface area contributed by atoms with Crippen molar-refractivity contribution in [3.05, 3.63) is 61.5 Å². The van der Waals surface area contributed by atoms with Gasteiger partial charge in [-0.1, -0.05) is 24.9 Å².